The molecular weight excluding hydrogens is 294 g/mol. The van der Waals surface area contributed by atoms with Crippen molar-refractivity contribution in [1.29, 1.82) is 0 Å². The van der Waals surface area contributed by atoms with Crippen LogP contribution in [0.25, 0.3) is 10.4 Å². The highest BCUT2D eigenvalue weighted by Crippen LogP contribution is 2.37. The van der Waals surface area contributed by atoms with Gasteiger partial charge in [-0.15, -0.1) is 11.3 Å². The maximum absolute atomic E-state index is 11.1. The molecule has 3 nitrogen and oxygen atoms in total. The van der Waals surface area contributed by atoms with E-state index in [1.54, 1.807) is 6.07 Å². The molecule has 0 saturated carbocycles. The Bertz CT molecular complexity index is 718. The summed E-state index contributed by atoms with van der Waals surface area (Å²) in [6.45, 7) is 8.41. The Balaban J connectivity index is 1.98. The quantitative estimate of drug-likeness (QED) is 0.870. The molecule has 1 aliphatic rings. The number of phenolic OH excluding ortho intramolecular Hbond substituents is 1. The van der Waals surface area contributed by atoms with Gasteiger partial charge in [0.15, 0.2) is 6.29 Å². The molecule has 1 N–H and O–H groups in total. The lowest BCUT2D eigenvalue weighted by atomic mass is 10.0. The van der Waals surface area contributed by atoms with Crippen molar-refractivity contribution in [3.8, 4) is 16.2 Å². The first-order valence-corrected chi connectivity index (χ1v) is 8.46. The highest BCUT2D eigenvalue weighted by molar-refractivity contribution is 7.15. The number of fused-ring (bicyclic) bond motifs is 1. The summed E-state index contributed by atoms with van der Waals surface area (Å²) in [5.74, 6) is 0.0889. The van der Waals surface area contributed by atoms with Gasteiger partial charge >= 0.3 is 0 Å². The Labute approximate surface area is 135 Å². The molecule has 0 saturated heterocycles. The minimum atomic E-state index is 0.0889. The van der Waals surface area contributed by atoms with Gasteiger partial charge in [-0.3, -0.25) is 9.69 Å². The Hall–Kier alpha value is -1.65. The van der Waals surface area contributed by atoms with Crippen molar-refractivity contribution in [3.05, 3.63) is 39.8 Å². The Morgan fingerprint density at radius 1 is 1.32 bits per heavy atom. The number of benzene rings is 1. The molecule has 1 aromatic carbocycles. The number of carbonyl (C=O) groups excluding carboxylic acids is 1. The van der Waals surface area contributed by atoms with Gasteiger partial charge < -0.3 is 5.11 Å². The molecule has 0 spiro atoms. The molecule has 0 amide bonds. The summed E-state index contributed by atoms with van der Waals surface area (Å²) in [5.41, 5.74) is 3.53. The van der Waals surface area contributed by atoms with Crippen LogP contribution in [0.4, 0.5) is 0 Å². The number of thiophene rings is 1. The molecule has 116 valence electrons. The van der Waals surface area contributed by atoms with Crippen LogP contribution >= 0.6 is 11.3 Å². The summed E-state index contributed by atoms with van der Waals surface area (Å²) < 4.78 is 0. The molecule has 0 unspecified atom stereocenters. The average molecular weight is 315 g/mol. The van der Waals surface area contributed by atoms with Gasteiger partial charge in [0.2, 0.25) is 0 Å². The third kappa shape index (κ3) is 2.69. The summed E-state index contributed by atoms with van der Waals surface area (Å²) in [5, 5.41) is 9.89. The van der Waals surface area contributed by atoms with E-state index in [1.165, 1.54) is 15.3 Å². The van der Waals surface area contributed by atoms with Crippen molar-refractivity contribution in [1.82, 2.24) is 4.90 Å². The van der Waals surface area contributed by atoms with E-state index in [2.05, 4.69) is 24.8 Å². The lowest BCUT2D eigenvalue weighted by Crippen LogP contribution is -2.35. The largest absolute Gasteiger partial charge is 0.507 e. The van der Waals surface area contributed by atoms with Gasteiger partial charge in [0.1, 0.15) is 5.75 Å². The predicted molar refractivity (Wildman–Crippen MR) is 90.8 cm³/mol. The molecule has 0 atom stereocenters. The zero-order valence-corrected chi connectivity index (χ0v) is 14.0. The molecule has 0 bridgehead atoms. The second-order valence-electron chi connectivity index (χ2n) is 6.22. The van der Waals surface area contributed by atoms with Crippen LogP contribution in [-0.4, -0.2) is 28.9 Å². The van der Waals surface area contributed by atoms with E-state index in [9.17, 15) is 9.90 Å². The van der Waals surface area contributed by atoms with Crippen molar-refractivity contribution >= 4 is 17.6 Å². The summed E-state index contributed by atoms with van der Waals surface area (Å²) in [6, 6.07) is 6.55. The molecule has 1 aromatic heterocycles. The maximum atomic E-state index is 11.1. The molecule has 4 heteroatoms. The number of hydrogen-bond donors (Lipinski definition) is 1. The van der Waals surface area contributed by atoms with Gasteiger partial charge in [0.05, 0.1) is 5.56 Å². The van der Waals surface area contributed by atoms with Crippen LogP contribution in [0, 0.1) is 6.92 Å². The first kappa shape index (κ1) is 15.3. The monoisotopic (exact) mass is 315 g/mol. The van der Waals surface area contributed by atoms with Crippen LogP contribution in [0.15, 0.2) is 18.2 Å². The van der Waals surface area contributed by atoms with Crippen LogP contribution in [0.3, 0.4) is 0 Å². The standard InChI is InChI=1S/C18H21NO2S/c1-11(2)19-5-4-16-14(9-19)8-17(22-16)13-6-12(3)18(21)15(7-13)10-20/h6-8,10-11,21H,4-5,9H2,1-3H3. The smallest absolute Gasteiger partial charge is 0.153 e. The molecule has 3 rings (SSSR count). The fourth-order valence-corrected chi connectivity index (χ4v) is 4.13. The number of phenols is 1. The fraction of sp³-hybridized carbons (Fsp3) is 0.389. The van der Waals surface area contributed by atoms with Gasteiger partial charge in [-0.05, 0) is 62.1 Å². The Morgan fingerprint density at radius 3 is 2.77 bits per heavy atom. The SMILES string of the molecule is Cc1cc(-c2cc3c(s2)CCN(C(C)C)C3)cc(C=O)c1O. The topological polar surface area (TPSA) is 40.5 Å². The summed E-state index contributed by atoms with van der Waals surface area (Å²) in [7, 11) is 0. The molecule has 1 aliphatic heterocycles. The van der Waals surface area contributed by atoms with E-state index in [1.807, 2.05) is 24.3 Å². The summed E-state index contributed by atoms with van der Waals surface area (Å²) in [4.78, 5) is 16.2. The second-order valence-corrected chi connectivity index (χ2v) is 7.36. The van der Waals surface area contributed by atoms with Crippen LogP contribution in [0.2, 0.25) is 0 Å². The lowest BCUT2D eigenvalue weighted by molar-refractivity contribution is 0.112. The molecule has 22 heavy (non-hydrogen) atoms. The fourth-order valence-electron chi connectivity index (χ4n) is 2.98. The molecular formula is C18H21NO2S. The summed E-state index contributed by atoms with van der Waals surface area (Å²) in [6.07, 6.45) is 1.82. The molecule has 2 aromatic rings. The third-order valence-corrected chi connectivity index (χ3v) is 5.65. The zero-order chi connectivity index (χ0) is 15.9. The molecule has 2 heterocycles. The number of aldehydes is 1. The average Bonchev–Trinajstić information content (AvgIpc) is 2.92. The number of aryl methyl sites for hydroxylation is 1. The van der Waals surface area contributed by atoms with Crippen molar-refractivity contribution in [3.63, 3.8) is 0 Å². The maximum Gasteiger partial charge on any atom is 0.153 e. The molecule has 0 fully saturated rings. The van der Waals surface area contributed by atoms with Crippen LogP contribution in [-0.2, 0) is 13.0 Å². The second kappa shape index (κ2) is 5.86. The Kier molecular flexibility index (Phi) is 4.06. The highest BCUT2D eigenvalue weighted by Gasteiger charge is 2.21. The van der Waals surface area contributed by atoms with E-state index >= 15 is 0 Å². The van der Waals surface area contributed by atoms with Gasteiger partial charge in [-0.1, -0.05) is 0 Å². The predicted octanol–water partition coefficient (Wildman–Crippen LogP) is 4.01. The van der Waals surface area contributed by atoms with Crippen molar-refractivity contribution in [2.75, 3.05) is 6.54 Å². The van der Waals surface area contributed by atoms with Gasteiger partial charge in [0.25, 0.3) is 0 Å². The first-order valence-electron chi connectivity index (χ1n) is 7.64. The molecule has 0 radical (unpaired) electrons. The van der Waals surface area contributed by atoms with Gasteiger partial charge in [-0.25, -0.2) is 0 Å². The van der Waals surface area contributed by atoms with Crippen LogP contribution in [0.5, 0.6) is 5.75 Å². The van der Waals surface area contributed by atoms with Gasteiger partial charge in [-0.2, -0.15) is 0 Å². The van der Waals surface area contributed by atoms with Crippen LogP contribution < -0.4 is 0 Å². The van der Waals surface area contributed by atoms with E-state index in [-0.39, 0.29) is 5.75 Å². The normalized spacial score (nSPS) is 15.1. The lowest BCUT2D eigenvalue weighted by Gasteiger charge is -2.30. The van der Waals surface area contributed by atoms with Crippen molar-refractivity contribution in [2.24, 2.45) is 0 Å². The van der Waals surface area contributed by atoms with E-state index in [4.69, 9.17) is 0 Å². The zero-order valence-electron chi connectivity index (χ0n) is 13.2. The molecule has 0 aliphatic carbocycles. The highest BCUT2D eigenvalue weighted by atomic mass is 32.1. The number of carbonyl (C=O) groups is 1. The minimum Gasteiger partial charge on any atom is -0.507 e. The van der Waals surface area contributed by atoms with Crippen molar-refractivity contribution < 1.29 is 9.90 Å². The Morgan fingerprint density at radius 2 is 2.09 bits per heavy atom. The first-order chi connectivity index (χ1) is 10.5. The van der Waals surface area contributed by atoms with Crippen LogP contribution in [0.1, 0.15) is 40.2 Å². The third-order valence-electron chi connectivity index (χ3n) is 4.37. The number of hydrogen-bond acceptors (Lipinski definition) is 4. The van der Waals surface area contributed by atoms with E-state index < -0.39 is 0 Å². The van der Waals surface area contributed by atoms with E-state index in [0.29, 0.717) is 11.6 Å². The minimum absolute atomic E-state index is 0.0889. The summed E-state index contributed by atoms with van der Waals surface area (Å²) >= 11 is 1.81. The van der Waals surface area contributed by atoms with Crippen molar-refractivity contribution in [2.45, 2.75) is 39.8 Å². The van der Waals surface area contributed by atoms with E-state index in [0.717, 1.165) is 36.9 Å². The number of rotatable bonds is 3. The van der Waals surface area contributed by atoms with Gasteiger partial charge in [0, 0.05) is 28.9 Å². The number of nitrogens with zero attached hydrogens (tertiary/aromatic N) is 1. The number of aromatic hydroxyl groups is 1.